The molecule has 104 valence electrons. The highest BCUT2D eigenvalue weighted by molar-refractivity contribution is 5.95. The van der Waals surface area contributed by atoms with Crippen LogP contribution in [0.1, 0.15) is 27.2 Å². The average molecular weight is 263 g/mol. The van der Waals surface area contributed by atoms with Crippen LogP contribution in [0.25, 0.3) is 0 Å². The quantitative estimate of drug-likeness (QED) is 0.890. The highest BCUT2D eigenvalue weighted by atomic mass is 16.5. The smallest absolute Gasteiger partial charge is 0.230 e. The fraction of sp³-hybridized carbons (Fsp3) is 0.533. The van der Waals surface area contributed by atoms with Crippen molar-refractivity contribution in [1.82, 2.24) is 0 Å². The van der Waals surface area contributed by atoms with Crippen LogP contribution in [-0.4, -0.2) is 30.3 Å². The summed E-state index contributed by atoms with van der Waals surface area (Å²) in [5.41, 5.74) is 0.482. The summed E-state index contributed by atoms with van der Waals surface area (Å²) in [5.74, 6) is 0.697. The zero-order valence-corrected chi connectivity index (χ0v) is 11.7. The minimum absolute atomic E-state index is 0.00625. The summed E-state index contributed by atoms with van der Waals surface area (Å²) in [7, 11) is 0. The summed E-state index contributed by atoms with van der Waals surface area (Å²) < 4.78 is 5.57. The molecule has 19 heavy (non-hydrogen) atoms. The molecule has 1 aliphatic rings. The number of fused-ring (bicyclic) bond motifs is 1. The molecule has 0 fully saturated rings. The molecule has 0 aromatic heterocycles. The minimum atomic E-state index is -0.581. The summed E-state index contributed by atoms with van der Waals surface area (Å²) in [6.45, 7) is 6.56. The first kappa shape index (κ1) is 13.9. The van der Waals surface area contributed by atoms with Crippen molar-refractivity contribution >= 4 is 11.6 Å². The second-order valence-electron chi connectivity index (χ2n) is 5.95. The van der Waals surface area contributed by atoms with Crippen LogP contribution < -0.4 is 9.64 Å². The predicted molar refractivity (Wildman–Crippen MR) is 74.4 cm³/mol. The number of carbonyl (C=O) groups is 1. The number of carbonyl (C=O) groups excluding carboxylic acids is 1. The molecular weight excluding hydrogens is 242 g/mol. The molecule has 1 heterocycles. The third-order valence-corrected chi connectivity index (χ3v) is 3.39. The molecule has 0 radical (unpaired) electrons. The average Bonchev–Trinajstić information content (AvgIpc) is 2.49. The van der Waals surface area contributed by atoms with Gasteiger partial charge in [-0.05, 0) is 17.5 Å². The third-order valence-electron chi connectivity index (χ3n) is 3.39. The number of hydrogen-bond acceptors (Lipinski definition) is 3. The van der Waals surface area contributed by atoms with Crippen molar-refractivity contribution in [2.75, 3.05) is 18.1 Å². The number of amides is 1. The van der Waals surface area contributed by atoms with Crippen molar-refractivity contribution in [2.45, 2.75) is 33.3 Å². The van der Waals surface area contributed by atoms with Crippen molar-refractivity contribution in [3.05, 3.63) is 24.3 Å². The Bertz CT molecular complexity index is 465. The number of para-hydroxylation sites is 2. The molecule has 1 N–H and O–H groups in total. The molecule has 0 saturated heterocycles. The second kappa shape index (κ2) is 5.21. The van der Waals surface area contributed by atoms with Gasteiger partial charge in [0.25, 0.3) is 0 Å². The Labute approximate surface area is 114 Å². The van der Waals surface area contributed by atoms with E-state index in [9.17, 15) is 9.90 Å². The molecule has 0 saturated carbocycles. The lowest BCUT2D eigenvalue weighted by molar-refractivity contribution is -0.119. The summed E-state index contributed by atoms with van der Waals surface area (Å²) in [4.78, 5) is 13.8. The Kier molecular flexibility index (Phi) is 3.80. The highest BCUT2D eigenvalue weighted by Crippen LogP contribution is 2.32. The molecule has 1 aliphatic heterocycles. The minimum Gasteiger partial charge on any atom is -0.491 e. The number of β-amino-alcohol motifs (C(OH)–C–C–N with tert-alkyl or cyclic N) is 1. The zero-order chi connectivity index (χ0) is 14.0. The molecule has 4 nitrogen and oxygen atoms in total. The molecular formula is C15H21NO3. The monoisotopic (exact) mass is 263 g/mol. The molecule has 1 aromatic carbocycles. The maximum Gasteiger partial charge on any atom is 0.230 e. The number of rotatable bonds is 2. The van der Waals surface area contributed by atoms with Gasteiger partial charge in [-0.2, -0.15) is 0 Å². The molecule has 1 amide bonds. The van der Waals surface area contributed by atoms with E-state index >= 15 is 0 Å². The molecule has 1 unspecified atom stereocenters. The summed E-state index contributed by atoms with van der Waals surface area (Å²) in [5, 5.41) is 10.2. The maximum atomic E-state index is 12.2. The van der Waals surface area contributed by atoms with Crippen molar-refractivity contribution in [1.29, 1.82) is 0 Å². The van der Waals surface area contributed by atoms with E-state index in [1.807, 2.05) is 45.0 Å². The number of aliphatic hydroxyl groups excluding tert-OH is 1. The van der Waals surface area contributed by atoms with Crippen molar-refractivity contribution in [2.24, 2.45) is 5.41 Å². The van der Waals surface area contributed by atoms with E-state index in [-0.39, 0.29) is 11.3 Å². The van der Waals surface area contributed by atoms with Crippen LogP contribution >= 0.6 is 0 Å². The number of hydrogen-bond donors (Lipinski definition) is 1. The molecule has 0 aliphatic carbocycles. The van der Waals surface area contributed by atoms with Crippen LogP contribution in [0.15, 0.2) is 24.3 Å². The lowest BCUT2D eigenvalue weighted by atomic mass is 9.88. The van der Waals surface area contributed by atoms with Gasteiger partial charge in [0.1, 0.15) is 5.75 Å². The lowest BCUT2D eigenvalue weighted by Crippen LogP contribution is -2.42. The van der Waals surface area contributed by atoms with Gasteiger partial charge >= 0.3 is 0 Å². The second-order valence-corrected chi connectivity index (χ2v) is 5.95. The van der Waals surface area contributed by atoms with E-state index < -0.39 is 6.10 Å². The SMILES string of the molecule is CC(C)(C)C(O)CN1C(=O)CCOc2ccccc21. The first-order valence-corrected chi connectivity index (χ1v) is 6.60. The first-order chi connectivity index (χ1) is 8.89. The van der Waals surface area contributed by atoms with Crippen LogP contribution in [0.2, 0.25) is 0 Å². The largest absolute Gasteiger partial charge is 0.491 e. The molecule has 0 bridgehead atoms. The lowest BCUT2D eigenvalue weighted by Gasteiger charge is -2.31. The van der Waals surface area contributed by atoms with E-state index in [0.29, 0.717) is 25.3 Å². The van der Waals surface area contributed by atoms with E-state index in [1.165, 1.54) is 0 Å². The van der Waals surface area contributed by atoms with Crippen LogP contribution in [0.4, 0.5) is 5.69 Å². The van der Waals surface area contributed by atoms with Crippen molar-refractivity contribution < 1.29 is 14.6 Å². The fourth-order valence-electron chi connectivity index (χ4n) is 1.97. The molecule has 1 aromatic rings. The van der Waals surface area contributed by atoms with Crippen molar-refractivity contribution in [3.8, 4) is 5.75 Å². The van der Waals surface area contributed by atoms with E-state index in [0.717, 1.165) is 5.69 Å². The van der Waals surface area contributed by atoms with E-state index in [4.69, 9.17) is 4.74 Å². The van der Waals surface area contributed by atoms with Gasteiger partial charge in [0, 0.05) is 0 Å². The number of aliphatic hydroxyl groups is 1. The number of benzene rings is 1. The van der Waals surface area contributed by atoms with E-state index in [2.05, 4.69) is 0 Å². The molecule has 4 heteroatoms. The van der Waals surface area contributed by atoms with Crippen LogP contribution in [0, 0.1) is 5.41 Å². The third kappa shape index (κ3) is 3.07. The van der Waals surface area contributed by atoms with Gasteiger partial charge in [0.2, 0.25) is 5.91 Å². The number of nitrogens with zero attached hydrogens (tertiary/aromatic N) is 1. The Hall–Kier alpha value is -1.55. The summed E-state index contributed by atoms with van der Waals surface area (Å²) in [6.07, 6.45) is -0.242. The van der Waals surface area contributed by atoms with Gasteiger partial charge in [0.05, 0.1) is 31.4 Å². The van der Waals surface area contributed by atoms with Gasteiger partial charge in [-0.3, -0.25) is 4.79 Å². The normalized spacial score (nSPS) is 17.5. The molecule has 0 spiro atoms. The summed E-state index contributed by atoms with van der Waals surface area (Å²) in [6, 6.07) is 7.46. The van der Waals surface area contributed by atoms with Crippen molar-refractivity contribution in [3.63, 3.8) is 0 Å². The Morgan fingerprint density at radius 1 is 1.37 bits per heavy atom. The van der Waals surface area contributed by atoms with Gasteiger partial charge < -0.3 is 14.7 Å². The van der Waals surface area contributed by atoms with Gasteiger partial charge in [-0.25, -0.2) is 0 Å². The maximum absolute atomic E-state index is 12.2. The standard InChI is InChI=1S/C15H21NO3/c1-15(2,3)13(17)10-16-11-6-4-5-7-12(11)19-9-8-14(16)18/h4-7,13,17H,8-10H2,1-3H3. The zero-order valence-electron chi connectivity index (χ0n) is 11.7. The summed E-state index contributed by atoms with van der Waals surface area (Å²) >= 11 is 0. The number of ether oxygens (including phenoxy) is 1. The van der Waals surface area contributed by atoms with Gasteiger partial charge in [-0.1, -0.05) is 32.9 Å². The van der Waals surface area contributed by atoms with Gasteiger partial charge in [0.15, 0.2) is 0 Å². The van der Waals surface area contributed by atoms with Gasteiger partial charge in [-0.15, -0.1) is 0 Å². The topological polar surface area (TPSA) is 49.8 Å². The Balaban J connectivity index is 2.29. The van der Waals surface area contributed by atoms with Crippen LogP contribution in [0.3, 0.4) is 0 Å². The highest BCUT2D eigenvalue weighted by Gasteiger charge is 2.29. The molecule has 1 atom stereocenters. The Morgan fingerprint density at radius 3 is 2.74 bits per heavy atom. The Morgan fingerprint density at radius 2 is 2.05 bits per heavy atom. The first-order valence-electron chi connectivity index (χ1n) is 6.60. The predicted octanol–water partition coefficient (Wildman–Crippen LogP) is 2.21. The fourth-order valence-corrected chi connectivity index (χ4v) is 1.97. The van der Waals surface area contributed by atoms with Crippen LogP contribution in [-0.2, 0) is 4.79 Å². The van der Waals surface area contributed by atoms with E-state index in [1.54, 1.807) is 4.90 Å². The number of anilines is 1. The van der Waals surface area contributed by atoms with Crippen LogP contribution in [0.5, 0.6) is 5.75 Å². The molecule has 2 rings (SSSR count).